The van der Waals surface area contributed by atoms with Gasteiger partial charge in [0.15, 0.2) is 0 Å². The molecule has 0 unspecified atom stereocenters. The predicted molar refractivity (Wildman–Crippen MR) is 126 cm³/mol. The first kappa shape index (κ1) is 20.0. The zero-order chi connectivity index (χ0) is 21.5. The lowest BCUT2D eigenvalue weighted by Crippen LogP contribution is -2.35. The molecule has 1 saturated heterocycles. The zero-order valence-electron chi connectivity index (χ0n) is 18.6. The Labute approximate surface area is 182 Å². The predicted octanol–water partition coefficient (Wildman–Crippen LogP) is 4.52. The highest BCUT2D eigenvalue weighted by molar-refractivity contribution is 5.83. The summed E-state index contributed by atoms with van der Waals surface area (Å²) in [6.45, 7) is 9.06. The van der Waals surface area contributed by atoms with Crippen molar-refractivity contribution in [3.05, 3.63) is 81.0 Å². The molecule has 1 aliphatic rings. The topological polar surface area (TPSA) is 53.4 Å². The molecular formula is C26H30N4O. The first-order chi connectivity index (χ1) is 15.0. The molecule has 31 heavy (non-hydrogen) atoms. The number of nitrogens with zero attached hydrogens (tertiary/aromatic N) is 3. The summed E-state index contributed by atoms with van der Waals surface area (Å²) < 4.78 is 1.76. The number of para-hydroxylation sites is 1. The summed E-state index contributed by atoms with van der Waals surface area (Å²) in [5.41, 5.74) is 7.32. The maximum absolute atomic E-state index is 13.2. The molecule has 0 spiro atoms. The van der Waals surface area contributed by atoms with E-state index in [4.69, 9.17) is 4.98 Å². The number of rotatable bonds is 4. The van der Waals surface area contributed by atoms with Crippen molar-refractivity contribution in [3.8, 4) is 0 Å². The maximum atomic E-state index is 13.2. The Kier molecular flexibility index (Phi) is 5.14. The van der Waals surface area contributed by atoms with E-state index in [-0.39, 0.29) is 5.56 Å². The summed E-state index contributed by atoms with van der Waals surface area (Å²) in [6, 6.07) is 12.6. The van der Waals surface area contributed by atoms with Crippen molar-refractivity contribution in [1.82, 2.24) is 19.3 Å². The number of hydrogen-bond acceptors (Lipinski definition) is 3. The number of aromatic amines is 1. The second-order valence-electron chi connectivity index (χ2n) is 9.00. The second kappa shape index (κ2) is 7.97. The largest absolute Gasteiger partial charge is 0.361 e. The zero-order valence-corrected chi connectivity index (χ0v) is 18.6. The van der Waals surface area contributed by atoms with Gasteiger partial charge in [-0.3, -0.25) is 9.20 Å². The molecule has 5 heteroatoms. The minimum atomic E-state index is 0.0914. The van der Waals surface area contributed by atoms with Gasteiger partial charge in [0.05, 0.1) is 0 Å². The van der Waals surface area contributed by atoms with Crippen LogP contribution in [0, 0.1) is 20.8 Å². The van der Waals surface area contributed by atoms with Crippen LogP contribution in [0.5, 0.6) is 0 Å². The van der Waals surface area contributed by atoms with E-state index in [2.05, 4.69) is 40.3 Å². The standard InChI is InChI=1S/C26H30N4O/c1-17-14-18(2)30-25(15-17)28-19(3)21(26(30)31)10-13-29-11-8-20(9-12-29)23-16-27-24-7-5-4-6-22(23)24/h4-7,14-16,20,27H,8-13H2,1-3H3. The van der Waals surface area contributed by atoms with Crippen LogP contribution in [0.1, 0.15) is 46.8 Å². The van der Waals surface area contributed by atoms with Gasteiger partial charge in [0.25, 0.3) is 5.56 Å². The molecule has 1 fully saturated rings. The fourth-order valence-electron chi connectivity index (χ4n) is 5.22. The summed E-state index contributed by atoms with van der Waals surface area (Å²) >= 11 is 0. The Bertz CT molecular complexity index is 1310. The summed E-state index contributed by atoms with van der Waals surface area (Å²) in [7, 11) is 0. The van der Waals surface area contributed by atoms with Gasteiger partial charge in [0.1, 0.15) is 5.65 Å². The van der Waals surface area contributed by atoms with Crippen molar-refractivity contribution in [3.63, 3.8) is 0 Å². The average molecular weight is 415 g/mol. The minimum Gasteiger partial charge on any atom is -0.361 e. The number of nitrogens with one attached hydrogen (secondary N) is 1. The fraction of sp³-hybridized carbons (Fsp3) is 0.385. The summed E-state index contributed by atoms with van der Waals surface area (Å²) in [6.07, 6.45) is 5.27. The molecule has 0 saturated carbocycles. The lowest BCUT2D eigenvalue weighted by Gasteiger charge is -2.32. The minimum absolute atomic E-state index is 0.0914. The Morgan fingerprint density at radius 3 is 2.68 bits per heavy atom. The van der Waals surface area contributed by atoms with Crippen molar-refractivity contribution in [2.24, 2.45) is 0 Å². The molecule has 4 aromatic rings. The molecule has 3 aromatic heterocycles. The van der Waals surface area contributed by atoms with Crippen molar-refractivity contribution in [2.75, 3.05) is 19.6 Å². The molecule has 1 N–H and O–H groups in total. The van der Waals surface area contributed by atoms with E-state index >= 15 is 0 Å². The number of hydrogen-bond donors (Lipinski definition) is 1. The third-order valence-corrected chi connectivity index (χ3v) is 6.88. The van der Waals surface area contributed by atoms with Crippen LogP contribution in [0.25, 0.3) is 16.6 Å². The van der Waals surface area contributed by atoms with Crippen LogP contribution in [-0.2, 0) is 6.42 Å². The van der Waals surface area contributed by atoms with E-state index in [0.717, 1.165) is 67.1 Å². The molecule has 5 rings (SSSR count). The molecule has 0 amide bonds. The Morgan fingerprint density at radius 2 is 1.87 bits per heavy atom. The molecule has 1 aliphatic heterocycles. The third kappa shape index (κ3) is 3.68. The maximum Gasteiger partial charge on any atom is 0.261 e. The van der Waals surface area contributed by atoms with E-state index < -0.39 is 0 Å². The number of likely N-dealkylation sites (tertiary alicyclic amines) is 1. The molecule has 0 bridgehead atoms. The number of benzene rings is 1. The smallest absolute Gasteiger partial charge is 0.261 e. The Balaban J connectivity index is 1.28. The van der Waals surface area contributed by atoms with Crippen LogP contribution in [0.4, 0.5) is 0 Å². The monoisotopic (exact) mass is 414 g/mol. The van der Waals surface area contributed by atoms with E-state index in [1.54, 1.807) is 4.40 Å². The summed E-state index contributed by atoms with van der Waals surface area (Å²) in [5.74, 6) is 0.605. The number of pyridine rings is 1. The van der Waals surface area contributed by atoms with Gasteiger partial charge in [0, 0.05) is 40.6 Å². The van der Waals surface area contributed by atoms with Gasteiger partial charge < -0.3 is 9.88 Å². The number of H-pyrrole nitrogens is 1. The number of aromatic nitrogens is 3. The molecule has 0 radical (unpaired) electrons. The van der Waals surface area contributed by atoms with Crippen molar-refractivity contribution >= 4 is 16.6 Å². The van der Waals surface area contributed by atoms with E-state index in [1.807, 2.05) is 32.9 Å². The highest BCUT2D eigenvalue weighted by Gasteiger charge is 2.23. The lowest BCUT2D eigenvalue weighted by atomic mass is 9.89. The molecular weight excluding hydrogens is 384 g/mol. The van der Waals surface area contributed by atoms with Crippen LogP contribution in [-0.4, -0.2) is 38.9 Å². The van der Waals surface area contributed by atoms with Crippen molar-refractivity contribution in [1.29, 1.82) is 0 Å². The molecule has 5 nitrogen and oxygen atoms in total. The fourth-order valence-corrected chi connectivity index (χ4v) is 5.22. The molecule has 160 valence electrons. The first-order valence-electron chi connectivity index (χ1n) is 11.3. The summed E-state index contributed by atoms with van der Waals surface area (Å²) in [4.78, 5) is 23.8. The van der Waals surface area contributed by atoms with Gasteiger partial charge in [0.2, 0.25) is 0 Å². The van der Waals surface area contributed by atoms with E-state index in [9.17, 15) is 4.79 Å². The highest BCUT2D eigenvalue weighted by atomic mass is 16.1. The van der Waals surface area contributed by atoms with Gasteiger partial charge >= 0.3 is 0 Å². The highest BCUT2D eigenvalue weighted by Crippen LogP contribution is 2.33. The average Bonchev–Trinajstić information content (AvgIpc) is 3.17. The van der Waals surface area contributed by atoms with Crippen molar-refractivity contribution < 1.29 is 0 Å². The molecule has 0 atom stereocenters. The Morgan fingerprint density at radius 1 is 1.10 bits per heavy atom. The van der Waals surface area contributed by atoms with Gasteiger partial charge in [-0.25, -0.2) is 4.98 Å². The molecule has 1 aromatic carbocycles. The third-order valence-electron chi connectivity index (χ3n) is 6.88. The quantitative estimate of drug-likeness (QED) is 0.534. The lowest BCUT2D eigenvalue weighted by molar-refractivity contribution is 0.215. The number of piperidine rings is 1. The second-order valence-corrected chi connectivity index (χ2v) is 9.00. The van der Waals surface area contributed by atoms with E-state index in [0.29, 0.717) is 5.92 Å². The van der Waals surface area contributed by atoms with Gasteiger partial charge in [-0.1, -0.05) is 18.2 Å². The van der Waals surface area contributed by atoms with Crippen LogP contribution in [0.3, 0.4) is 0 Å². The summed E-state index contributed by atoms with van der Waals surface area (Å²) in [5, 5.41) is 1.36. The van der Waals surface area contributed by atoms with Gasteiger partial charge in [-0.2, -0.15) is 0 Å². The van der Waals surface area contributed by atoms with Crippen LogP contribution in [0.2, 0.25) is 0 Å². The van der Waals surface area contributed by atoms with Gasteiger partial charge in [-0.15, -0.1) is 0 Å². The van der Waals surface area contributed by atoms with Crippen molar-refractivity contribution in [2.45, 2.75) is 46.0 Å². The van der Waals surface area contributed by atoms with Crippen LogP contribution < -0.4 is 5.56 Å². The van der Waals surface area contributed by atoms with Crippen LogP contribution in [0.15, 0.2) is 47.4 Å². The molecule has 0 aliphatic carbocycles. The molecule has 4 heterocycles. The van der Waals surface area contributed by atoms with Crippen LogP contribution >= 0.6 is 0 Å². The first-order valence-corrected chi connectivity index (χ1v) is 11.3. The SMILES string of the molecule is Cc1cc(C)n2c(=O)c(CCN3CCC(c4c[nH]c5ccccc45)CC3)c(C)nc2c1. The van der Waals surface area contributed by atoms with Gasteiger partial charge in [-0.05, 0) is 88.4 Å². The normalized spacial score (nSPS) is 15.8. The Hall–Kier alpha value is -2.92. The number of aryl methyl sites for hydroxylation is 3. The number of fused-ring (bicyclic) bond motifs is 2. The van der Waals surface area contributed by atoms with E-state index in [1.165, 1.54) is 16.5 Å².